The van der Waals surface area contributed by atoms with Crippen molar-refractivity contribution in [3.8, 4) is 0 Å². The number of amides is 3. The molecule has 1 fully saturated rings. The minimum atomic E-state index is -0.759. The maximum absolute atomic E-state index is 13.5. The molecule has 1 aliphatic carbocycles. The van der Waals surface area contributed by atoms with Crippen LogP contribution >= 0.6 is 0 Å². The number of alkyl carbamates (subject to hydrolysis) is 1. The predicted octanol–water partition coefficient (Wildman–Crippen LogP) is 4.41. The molecule has 4 unspecified atom stereocenters. The van der Waals surface area contributed by atoms with Crippen LogP contribution in [0.3, 0.4) is 0 Å². The van der Waals surface area contributed by atoms with Crippen molar-refractivity contribution >= 4 is 17.9 Å². The Labute approximate surface area is 198 Å². The van der Waals surface area contributed by atoms with Crippen molar-refractivity contribution in [2.75, 3.05) is 6.54 Å². The van der Waals surface area contributed by atoms with E-state index in [9.17, 15) is 14.4 Å². The first-order chi connectivity index (χ1) is 15.3. The summed E-state index contributed by atoms with van der Waals surface area (Å²) < 4.78 is 5.27. The summed E-state index contributed by atoms with van der Waals surface area (Å²) in [5, 5.41) is 5.66. The van der Waals surface area contributed by atoms with Crippen molar-refractivity contribution in [1.29, 1.82) is 0 Å². The zero-order valence-corrected chi connectivity index (χ0v) is 21.5. The third-order valence-electron chi connectivity index (χ3n) is 5.69. The Morgan fingerprint density at radius 3 is 2.21 bits per heavy atom. The van der Waals surface area contributed by atoms with Gasteiger partial charge in [0.15, 0.2) is 0 Å². The molecule has 7 nitrogen and oxygen atoms in total. The van der Waals surface area contributed by atoms with Crippen molar-refractivity contribution in [2.45, 2.75) is 98.4 Å². The van der Waals surface area contributed by atoms with E-state index in [2.05, 4.69) is 24.5 Å². The van der Waals surface area contributed by atoms with E-state index < -0.39 is 17.7 Å². The molecule has 33 heavy (non-hydrogen) atoms. The summed E-state index contributed by atoms with van der Waals surface area (Å²) >= 11 is 0. The van der Waals surface area contributed by atoms with Crippen molar-refractivity contribution in [3.05, 3.63) is 34.9 Å². The summed E-state index contributed by atoms with van der Waals surface area (Å²) in [5.74, 6) is -0.187. The molecule has 0 spiro atoms. The molecule has 0 heterocycles. The van der Waals surface area contributed by atoms with Crippen LogP contribution in [0.1, 0.15) is 83.5 Å². The third-order valence-corrected chi connectivity index (χ3v) is 5.69. The van der Waals surface area contributed by atoms with Gasteiger partial charge in [0, 0.05) is 12.1 Å². The molecule has 2 rings (SSSR count). The van der Waals surface area contributed by atoms with E-state index in [0.29, 0.717) is 5.92 Å². The molecule has 7 heteroatoms. The molecule has 0 saturated heterocycles. The van der Waals surface area contributed by atoms with Gasteiger partial charge in [-0.2, -0.15) is 0 Å². The van der Waals surface area contributed by atoms with Gasteiger partial charge in [-0.15, -0.1) is 0 Å². The largest absolute Gasteiger partial charge is 0.444 e. The lowest BCUT2D eigenvalue weighted by molar-refractivity contribution is -0.141. The minimum absolute atomic E-state index is 0.00405. The highest BCUT2D eigenvalue weighted by atomic mass is 16.6. The summed E-state index contributed by atoms with van der Waals surface area (Å²) in [6.45, 7) is 15.2. The Bertz CT molecular complexity index is 841. The van der Waals surface area contributed by atoms with Gasteiger partial charge >= 0.3 is 6.09 Å². The summed E-state index contributed by atoms with van der Waals surface area (Å²) in [4.78, 5) is 40.8. The van der Waals surface area contributed by atoms with Crippen LogP contribution in [0.5, 0.6) is 0 Å². The van der Waals surface area contributed by atoms with E-state index in [1.54, 1.807) is 25.7 Å². The summed E-state index contributed by atoms with van der Waals surface area (Å²) in [6, 6.07) is 5.19. The van der Waals surface area contributed by atoms with E-state index in [-0.39, 0.29) is 30.4 Å². The molecule has 1 saturated carbocycles. The van der Waals surface area contributed by atoms with Crippen molar-refractivity contribution < 1.29 is 19.1 Å². The number of hydrogen-bond acceptors (Lipinski definition) is 4. The molecular formula is C26H41N3O4. The smallest absolute Gasteiger partial charge is 0.408 e. The van der Waals surface area contributed by atoms with Crippen molar-refractivity contribution in [1.82, 2.24) is 15.5 Å². The number of hydrogen-bond donors (Lipinski definition) is 2. The van der Waals surface area contributed by atoms with Crippen LogP contribution in [0.2, 0.25) is 0 Å². The summed E-state index contributed by atoms with van der Waals surface area (Å²) in [5.41, 5.74) is 2.20. The molecule has 3 amide bonds. The van der Waals surface area contributed by atoms with Crippen LogP contribution in [-0.2, 0) is 14.3 Å². The number of carbonyl (C=O) groups excluding carboxylic acids is 3. The van der Waals surface area contributed by atoms with Gasteiger partial charge in [0.25, 0.3) is 0 Å². The van der Waals surface area contributed by atoms with E-state index in [4.69, 9.17) is 4.74 Å². The SMILES string of the molecule is CCCC(C)NC(=O)C(c1cc(C)cc(C)c1)N(C(=O)CNC(=O)OC(C)(C)C)C1CC1C. The Balaban J connectivity index is 2.35. The van der Waals surface area contributed by atoms with Crippen molar-refractivity contribution in [2.24, 2.45) is 5.92 Å². The molecule has 2 N–H and O–H groups in total. The van der Waals surface area contributed by atoms with Crippen LogP contribution in [0.15, 0.2) is 18.2 Å². The summed E-state index contributed by atoms with van der Waals surface area (Å²) in [7, 11) is 0. The topological polar surface area (TPSA) is 87.7 Å². The van der Waals surface area contributed by atoms with Gasteiger partial charge in [0.2, 0.25) is 11.8 Å². The fourth-order valence-corrected chi connectivity index (χ4v) is 4.20. The van der Waals surface area contributed by atoms with Gasteiger partial charge in [-0.1, -0.05) is 49.6 Å². The standard InChI is InChI=1S/C26H41N3O4/c1-9-10-19(5)28-24(31)23(20-12-16(2)11-17(3)13-20)29(21-14-18(21)4)22(30)15-27-25(32)33-26(6,7)8/h11-13,18-19,21,23H,9-10,14-15H2,1-8H3,(H,27,32)(H,28,31). The molecule has 4 atom stereocenters. The number of nitrogens with one attached hydrogen (secondary N) is 2. The highest BCUT2D eigenvalue weighted by Crippen LogP contribution is 2.40. The second kappa shape index (κ2) is 11.0. The number of carbonyl (C=O) groups is 3. The van der Waals surface area contributed by atoms with Crippen LogP contribution in [0, 0.1) is 19.8 Å². The van der Waals surface area contributed by atoms with Crippen LogP contribution in [-0.4, -0.2) is 47.0 Å². The molecule has 1 aromatic carbocycles. The second-order valence-corrected chi connectivity index (χ2v) is 10.5. The second-order valence-electron chi connectivity index (χ2n) is 10.5. The Kier molecular flexibility index (Phi) is 8.92. The highest BCUT2D eigenvalue weighted by molar-refractivity contribution is 5.91. The van der Waals surface area contributed by atoms with Crippen molar-refractivity contribution in [3.63, 3.8) is 0 Å². The van der Waals surface area contributed by atoms with Crippen LogP contribution in [0.25, 0.3) is 0 Å². The zero-order valence-electron chi connectivity index (χ0n) is 21.5. The number of nitrogens with zero attached hydrogens (tertiary/aromatic N) is 1. The van der Waals surface area contributed by atoms with Gasteiger partial charge in [-0.05, 0) is 65.9 Å². The van der Waals surface area contributed by atoms with E-state index in [1.807, 2.05) is 39.0 Å². The number of aryl methyl sites for hydroxylation is 2. The Morgan fingerprint density at radius 2 is 1.73 bits per heavy atom. The van der Waals surface area contributed by atoms with Gasteiger partial charge in [0.1, 0.15) is 18.2 Å². The lowest BCUT2D eigenvalue weighted by Crippen LogP contribution is -2.50. The average molecular weight is 460 g/mol. The number of ether oxygens (including phenoxy) is 1. The number of benzene rings is 1. The molecule has 0 aromatic heterocycles. The van der Waals surface area contributed by atoms with E-state index in [1.165, 1.54) is 0 Å². The fraction of sp³-hybridized carbons (Fsp3) is 0.654. The van der Waals surface area contributed by atoms with E-state index >= 15 is 0 Å². The Hall–Kier alpha value is -2.57. The molecule has 0 bridgehead atoms. The first-order valence-corrected chi connectivity index (χ1v) is 12.0. The van der Waals surface area contributed by atoms with Gasteiger partial charge < -0.3 is 20.3 Å². The lowest BCUT2D eigenvalue weighted by atomic mass is 9.98. The molecule has 184 valence electrons. The minimum Gasteiger partial charge on any atom is -0.444 e. The quantitative estimate of drug-likeness (QED) is 0.573. The molecular weight excluding hydrogens is 418 g/mol. The lowest BCUT2D eigenvalue weighted by Gasteiger charge is -2.33. The molecule has 1 aliphatic rings. The third kappa shape index (κ3) is 8.06. The van der Waals surface area contributed by atoms with Crippen LogP contribution in [0.4, 0.5) is 4.79 Å². The highest BCUT2D eigenvalue weighted by Gasteiger charge is 2.46. The normalized spacial score (nSPS) is 19.3. The van der Waals surface area contributed by atoms with E-state index in [0.717, 1.165) is 36.0 Å². The monoisotopic (exact) mass is 459 g/mol. The summed E-state index contributed by atoms with van der Waals surface area (Å²) in [6.07, 6.45) is 2.00. The fourth-order valence-electron chi connectivity index (χ4n) is 4.20. The molecule has 1 aromatic rings. The number of rotatable bonds is 9. The van der Waals surface area contributed by atoms with Gasteiger partial charge in [-0.25, -0.2) is 4.79 Å². The zero-order chi connectivity index (χ0) is 24.9. The Morgan fingerprint density at radius 1 is 1.15 bits per heavy atom. The average Bonchev–Trinajstić information content (AvgIpc) is 3.37. The molecule has 0 radical (unpaired) electrons. The predicted molar refractivity (Wildman–Crippen MR) is 130 cm³/mol. The first kappa shape index (κ1) is 26.7. The first-order valence-electron chi connectivity index (χ1n) is 12.0. The van der Waals surface area contributed by atoms with Gasteiger partial charge in [-0.3, -0.25) is 9.59 Å². The van der Waals surface area contributed by atoms with Crippen LogP contribution < -0.4 is 10.6 Å². The maximum atomic E-state index is 13.5. The maximum Gasteiger partial charge on any atom is 0.408 e. The molecule has 0 aliphatic heterocycles. The van der Waals surface area contributed by atoms with Gasteiger partial charge in [0.05, 0.1) is 0 Å².